The van der Waals surface area contributed by atoms with Gasteiger partial charge in [0.2, 0.25) is 0 Å². The third-order valence-electron chi connectivity index (χ3n) is 2.24. The van der Waals surface area contributed by atoms with Gasteiger partial charge < -0.3 is 5.73 Å². The molecule has 2 N–H and O–H groups in total. The monoisotopic (exact) mass is 233 g/mol. The van der Waals surface area contributed by atoms with Gasteiger partial charge in [-0.15, -0.1) is 0 Å². The Morgan fingerprint density at radius 2 is 1.93 bits per heavy atom. The number of nitrogens with two attached hydrogens (primary N) is 1. The summed E-state index contributed by atoms with van der Waals surface area (Å²) in [6.45, 7) is 0.112. The van der Waals surface area contributed by atoms with E-state index in [0.29, 0.717) is 0 Å². The Bertz CT molecular complexity index is 246. The van der Waals surface area contributed by atoms with Gasteiger partial charge in [0.15, 0.2) is 0 Å². The highest BCUT2D eigenvalue weighted by Gasteiger charge is 2.71. The van der Waals surface area contributed by atoms with Crippen molar-refractivity contribution in [2.24, 2.45) is 11.7 Å². The van der Waals surface area contributed by atoms with Gasteiger partial charge in [-0.2, -0.15) is 17.6 Å². The minimum atomic E-state index is -4.00. The second-order valence-corrected chi connectivity index (χ2v) is 4.95. The fourth-order valence-corrected chi connectivity index (χ4v) is 2.55. The van der Waals surface area contributed by atoms with E-state index in [4.69, 9.17) is 5.73 Å². The van der Waals surface area contributed by atoms with Crippen molar-refractivity contribution in [3.05, 3.63) is 0 Å². The third-order valence-corrected chi connectivity index (χ3v) is 3.70. The van der Waals surface area contributed by atoms with E-state index in [-0.39, 0.29) is 18.1 Å². The van der Waals surface area contributed by atoms with Gasteiger partial charge in [0.1, 0.15) is 0 Å². The zero-order chi connectivity index (χ0) is 11.0. The average molecular weight is 233 g/mol. The molecule has 1 fully saturated rings. The Labute approximate surface area is 81.3 Å². The molecule has 7 heteroatoms. The molecule has 14 heavy (non-hydrogen) atoms. The van der Waals surface area contributed by atoms with Crippen LogP contribution in [0.4, 0.5) is 17.6 Å². The normalized spacial score (nSPS) is 30.8. The van der Waals surface area contributed by atoms with Gasteiger partial charge >= 0.3 is 11.8 Å². The summed E-state index contributed by atoms with van der Waals surface area (Å²) >= 11 is 0. The fraction of sp³-hybridized carbons (Fsp3) is 1.00. The first kappa shape index (κ1) is 11.9. The molecule has 0 aliphatic heterocycles. The van der Waals surface area contributed by atoms with Crippen LogP contribution in [-0.2, 0) is 10.8 Å². The van der Waals surface area contributed by atoms with E-state index in [1.807, 2.05) is 0 Å². The molecule has 0 radical (unpaired) electrons. The highest BCUT2D eigenvalue weighted by Crippen LogP contribution is 2.55. The van der Waals surface area contributed by atoms with Crippen LogP contribution in [-0.4, -0.2) is 34.1 Å². The summed E-state index contributed by atoms with van der Waals surface area (Å²) in [4.78, 5) is 0. The Balaban J connectivity index is 2.47. The van der Waals surface area contributed by atoms with E-state index in [9.17, 15) is 21.8 Å². The summed E-state index contributed by atoms with van der Waals surface area (Å²) in [7, 11) is -1.52. The molecule has 2 unspecified atom stereocenters. The molecule has 0 spiro atoms. The lowest BCUT2D eigenvalue weighted by Gasteiger charge is -2.43. The van der Waals surface area contributed by atoms with E-state index >= 15 is 0 Å². The zero-order valence-electron chi connectivity index (χ0n) is 7.31. The molecule has 2 atom stereocenters. The molecule has 2 nitrogen and oxygen atoms in total. The topological polar surface area (TPSA) is 43.1 Å². The Morgan fingerprint density at radius 1 is 1.36 bits per heavy atom. The minimum absolute atomic E-state index is 0.0815. The molecule has 84 valence electrons. The van der Waals surface area contributed by atoms with Gasteiger partial charge in [-0.1, -0.05) is 0 Å². The van der Waals surface area contributed by atoms with E-state index < -0.39 is 35.0 Å². The summed E-state index contributed by atoms with van der Waals surface area (Å²) in [5.41, 5.74) is 5.06. The predicted octanol–water partition coefficient (Wildman–Crippen LogP) is 0.984. The van der Waals surface area contributed by atoms with Crippen molar-refractivity contribution in [1.82, 2.24) is 0 Å². The maximum absolute atomic E-state index is 12.7. The van der Waals surface area contributed by atoms with Crippen molar-refractivity contribution in [3.8, 4) is 0 Å². The zero-order valence-corrected chi connectivity index (χ0v) is 8.13. The number of hydrogen-bond donors (Lipinski definition) is 1. The van der Waals surface area contributed by atoms with Gasteiger partial charge in [-0.25, -0.2) is 0 Å². The SMILES string of the molecule is NCCS(=O)CC1CC(F)(F)C1(F)F. The van der Waals surface area contributed by atoms with Crippen LogP contribution in [0.2, 0.25) is 0 Å². The number of halogens is 4. The smallest absolute Gasteiger partial charge is 0.314 e. The van der Waals surface area contributed by atoms with E-state index in [1.54, 1.807) is 0 Å². The molecule has 0 amide bonds. The lowest BCUT2D eigenvalue weighted by Crippen LogP contribution is -2.60. The van der Waals surface area contributed by atoms with Crippen LogP contribution < -0.4 is 5.73 Å². The maximum Gasteiger partial charge on any atom is 0.314 e. The lowest BCUT2D eigenvalue weighted by atomic mass is 9.78. The Morgan fingerprint density at radius 3 is 2.29 bits per heavy atom. The highest BCUT2D eigenvalue weighted by atomic mass is 32.2. The average Bonchev–Trinajstić information content (AvgIpc) is 2.03. The van der Waals surface area contributed by atoms with E-state index in [1.165, 1.54) is 0 Å². The first-order valence-corrected chi connectivity index (χ1v) is 5.60. The first-order valence-electron chi connectivity index (χ1n) is 4.12. The second kappa shape index (κ2) is 3.77. The van der Waals surface area contributed by atoms with Crippen LogP contribution in [0.25, 0.3) is 0 Å². The number of rotatable bonds is 4. The molecule has 0 aromatic rings. The Hall–Kier alpha value is -0.170. The van der Waals surface area contributed by atoms with Crippen molar-refractivity contribution < 1.29 is 21.8 Å². The summed E-state index contributed by atoms with van der Waals surface area (Å²) < 4.78 is 61.0. The van der Waals surface area contributed by atoms with Gasteiger partial charge in [0.25, 0.3) is 0 Å². The second-order valence-electron chi connectivity index (χ2n) is 3.33. The van der Waals surface area contributed by atoms with Crippen LogP contribution in [0, 0.1) is 5.92 Å². The first-order chi connectivity index (χ1) is 6.31. The fourth-order valence-electron chi connectivity index (χ4n) is 1.34. The molecule has 0 aromatic heterocycles. The maximum atomic E-state index is 12.7. The molecular weight excluding hydrogens is 222 g/mol. The van der Waals surface area contributed by atoms with Crippen LogP contribution in [0.5, 0.6) is 0 Å². The molecule has 0 bridgehead atoms. The predicted molar refractivity (Wildman–Crippen MR) is 44.9 cm³/mol. The van der Waals surface area contributed by atoms with Gasteiger partial charge in [0.05, 0.1) is 0 Å². The summed E-state index contributed by atoms with van der Waals surface area (Å²) in [6.07, 6.45) is -0.879. The van der Waals surface area contributed by atoms with Crippen molar-refractivity contribution in [3.63, 3.8) is 0 Å². The van der Waals surface area contributed by atoms with Crippen molar-refractivity contribution in [1.29, 1.82) is 0 Å². The molecule has 1 saturated carbocycles. The van der Waals surface area contributed by atoms with Gasteiger partial charge in [-0.05, 0) is 0 Å². The number of hydrogen-bond acceptors (Lipinski definition) is 2. The lowest BCUT2D eigenvalue weighted by molar-refractivity contribution is -0.307. The summed E-state index contributed by atoms with van der Waals surface area (Å²) in [5, 5.41) is 0. The van der Waals surface area contributed by atoms with Crippen molar-refractivity contribution in [2.75, 3.05) is 18.1 Å². The summed E-state index contributed by atoms with van der Waals surface area (Å²) in [6, 6.07) is 0. The largest absolute Gasteiger partial charge is 0.330 e. The molecule has 1 aliphatic carbocycles. The highest BCUT2D eigenvalue weighted by molar-refractivity contribution is 7.85. The molecule has 1 aliphatic rings. The quantitative estimate of drug-likeness (QED) is 0.736. The van der Waals surface area contributed by atoms with Crippen LogP contribution in [0.3, 0.4) is 0 Å². The number of alkyl halides is 4. The molecule has 0 aromatic carbocycles. The van der Waals surface area contributed by atoms with E-state index in [0.717, 1.165) is 0 Å². The molecule has 0 heterocycles. The standard InChI is InChI=1S/C7H11F4NOS/c8-6(9)3-5(7(6,10)11)4-14(13)2-1-12/h5H,1-4,12H2. The van der Waals surface area contributed by atoms with Crippen molar-refractivity contribution >= 4 is 10.8 Å². The minimum Gasteiger partial charge on any atom is -0.330 e. The van der Waals surface area contributed by atoms with Crippen LogP contribution >= 0.6 is 0 Å². The van der Waals surface area contributed by atoms with Crippen molar-refractivity contribution in [2.45, 2.75) is 18.3 Å². The van der Waals surface area contributed by atoms with Gasteiger partial charge in [0, 0.05) is 41.2 Å². The molecule has 0 saturated heterocycles. The Kier molecular flexibility index (Phi) is 3.20. The molecule has 1 rings (SSSR count). The summed E-state index contributed by atoms with van der Waals surface area (Å²) in [5.74, 6) is -9.70. The van der Waals surface area contributed by atoms with Crippen LogP contribution in [0.1, 0.15) is 6.42 Å². The third kappa shape index (κ3) is 1.93. The van der Waals surface area contributed by atoms with Crippen LogP contribution in [0.15, 0.2) is 0 Å². The molecular formula is C7H11F4NOS. The van der Waals surface area contributed by atoms with E-state index in [2.05, 4.69) is 0 Å². The van der Waals surface area contributed by atoms with Gasteiger partial charge in [-0.3, -0.25) is 4.21 Å².